The van der Waals surface area contributed by atoms with Gasteiger partial charge in [0.2, 0.25) is 0 Å². The molecule has 0 aliphatic rings. The fourth-order valence-electron chi connectivity index (χ4n) is 1.96. The van der Waals surface area contributed by atoms with Gasteiger partial charge in [0, 0.05) is 7.05 Å². The third-order valence-electron chi connectivity index (χ3n) is 2.99. The van der Waals surface area contributed by atoms with E-state index in [9.17, 15) is 9.59 Å². The van der Waals surface area contributed by atoms with Crippen molar-refractivity contribution in [3.05, 3.63) is 34.2 Å². The molecule has 1 aromatic heterocycles. The van der Waals surface area contributed by atoms with Crippen molar-refractivity contribution in [3.8, 4) is 0 Å². The molecule has 1 heterocycles. The van der Waals surface area contributed by atoms with E-state index >= 15 is 0 Å². The van der Waals surface area contributed by atoms with E-state index in [1.165, 1.54) is 16.1 Å². The van der Waals surface area contributed by atoms with Crippen LogP contribution in [0.15, 0.2) is 23.0 Å². The van der Waals surface area contributed by atoms with E-state index in [2.05, 4.69) is 0 Å². The molecule has 2 rings (SSSR count). The minimum absolute atomic E-state index is 0.305. The van der Waals surface area contributed by atoms with Crippen molar-refractivity contribution in [1.82, 2.24) is 9.13 Å². The average Bonchev–Trinajstić information content (AvgIpc) is 2.51. The first-order valence-corrected chi connectivity index (χ1v) is 5.34. The highest BCUT2D eigenvalue weighted by atomic mass is 16.4. The van der Waals surface area contributed by atoms with Crippen molar-refractivity contribution in [2.24, 2.45) is 7.05 Å². The molecule has 0 spiro atoms. The molecule has 0 aliphatic heterocycles. The van der Waals surface area contributed by atoms with E-state index in [1.54, 1.807) is 13.1 Å². The number of carboxylic acid groups (broad SMARTS) is 1. The van der Waals surface area contributed by atoms with Gasteiger partial charge in [-0.1, -0.05) is 6.07 Å². The number of carboxylic acids is 1. The van der Waals surface area contributed by atoms with Crippen LogP contribution in [-0.4, -0.2) is 20.2 Å². The first-order chi connectivity index (χ1) is 7.93. The van der Waals surface area contributed by atoms with Gasteiger partial charge in [-0.15, -0.1) is 0 Å². The largest absolute Gasteiger partial charge is 0.480 e. The van der Waals surface area contributed by atoms with E-state index in [1.807, 2.05) is 19.1 Å². The number of fused-ring (bicyclic) bond motifs is 1. The molecular weight excluding hydrogens is 220 g/mol. The number of aliphatic carboxylic acids is 1. The van der Waals surface area contributed by atoms with E-state index in [4.69, 9.17) is 5.11 Å². The lowest BCUT2D eigenvalue weighted by atomic mass is 10.2. The fraction of sp³-hybridized carbons (Fsp3) is 0.333. The topological polar surface area (TPSA) is 64.2 Å². The smallest absolute Gasteiger partial charge is 0.329 e. The molecule has 2 aromatic rings. The lowest BCUT2D eigenvalue weighted by Gasteiger charge is -2.07. The molecule has 1 atom stereocenters. The van der Waals surface area contributed by atoms with Crippen LogP contribution in [0.5, 0.6) is 0 Å². The molecule has 0 saturated carbocycles. The number of benzene rings is 1. The third kappa shape index (κ3) is 1.63. The zero-order valence-electron chi connectivity index (χ0n) is 9.97. The van der Waals surface area contributed by atoms with Crippen LogP contribution in [0, 0.1) is 6.92 Å². The zero-order chi connectivity index (χ0) is 12.7. The third-order valence-corrected chi connectivity index (χ3v) is 2.99. The average molecular weight is 234 g/mol. The Labute approximate surface area is 97.9 Å². The summed E-state index contributed by atoms with van der Waals surface area (Å²) in [6.45, 7) is 3.44. The number of hydrogen-bond acceptors (Lipinski definition) is 2. The van der Waals surface area contributed by atoms with E-state index in [0.29, 0.717) is 5.52 Å². The van der Waals surface area contributed by atoms with Crippen LogP contribution in [0.3, 0.4) is 0 Å². The summed E-state index contributed by atoms with van der Waals surface area (Å²) in [5.41, 5.74) is 2.13. The summed E-state index contributed by atoms with van der Waals surface area (Å²) >= 11 is 0. The highest BCUT2D eigenvalue weighted by Gasteiger charge is 2.20. The van der Waals surface area contributed by atoms with Gasteiger partial charge >= 0.3 is 11.7 Å². The quantitative estimate of drug-likeness (QED) is 0.851. The summed E-state index contributed by atoms with van der Waals surface area (Å²) in [6.07, 6.45) is 0. The van der Waals surface area contributed by atoms with Crippen LogP contribution in [0.4, 0.5) is 0 Å². The summed E-state index contributed by atoms with van der Waals surface area (Å²) in [5.74, 6) is -1.01. The minimum atomic E-state index is -1.01. The maximum absolute atomic E-state index is 12.0. The van der Waals surface area contributed by atoms with Gasteiger partial charge in [-0.05, 0) is 31.5 Å². The maximum Gasteiger partial charge on any atom is 0.329 e. The molecule has 1 N–H and O–H groups in total. The molecule has 1 aromatic carbocycles. The number of carbonyl (C=O) groups is 1. The molecule has 90 valence electrons. The molecule has 1 unspecified atom stereocenters. The minimum Gasteiger partial charge on any atom is -0.480 e. The second kappa shape index (κ2) is 3.76. The molecule has 0 radical (unpaired) electrons. The van der Waals surface area contributed by atoms with E-state index in [-0.39, 0.29) is 5.69 Å². The first-order valence-electron chi connectivity index (χ1n) is 5.34. The Morgan fingerprint density at radius 1 is 1.35 bits per heavy atom. The fourth-order valence-corrected chi connectivity index (χ4v) is 1.96. The van der Waals surface area contributed by atoms with Gasteiger partial charge in [0.05, 0.1) is 11.0 Å². The Morgan fingerprint density at radius 2 is 2.00 bits per heavy atom. The Hall–Kier alpha value is -2.04. The van der Waals surface area contributed by atoms with Crippen molar-refractivity contribution in [2.75, 3.05) is 0 Å². The van der Waals surface area contributed by atoms with Crippen LogP contribution >= 0.6 is 0 Å². The molecule has 5 nitrogen and oxygen atoms in total. The highest BCUT2D eigenvalue weighted by Crippen LogP contribution is 2.18. The van der Waals surface area contributed by atoms with Crippen molar-refractivity contribution < 1.29 is 9.90 Å². The Bertz CT molecular complexity index is 652. The number of aryl methyl sites for hydroxylation is 2. The summed E-state index contributed by atoms with van der Waals surface area (Å²) in [6, 6.07) is 4.66. The van der Waals surface area contributed by atoms with Crippen molar-refractivity contribution in [3.63, 3.8) is 0 Å². The molecule has 0 aliphatic carbocycles. The molecule has 0 amide bonds. The molecule has 5 heteroatoms. The number of imidazole rings is 1. The van der Waals surface area contributed by atoms with Gasteiger partial charge < -0.3 is 5.11 Å². The lowest BCUT2D eigenvalue weighted by molar-refractivity contribution is -0.140. The Balaban J connectivity index is 2.85. The van der Waals surface area contributed by atoms with E-state index < -0.39 is 12.0 Å². The zero-order valence-corrected chi connectivity index (χ0v) is 9.97. The molecule has 0 bridgehead atoms. The van der Waals surface area contributed by atoms with Gasteiger partial charge in [0.25, 0.3) is 0 Å². The Morgan fingerprint density at radius 3 is 2.59 bits per heavy atom. The van der Waals surface area contributed by atoms with Gasteiger partial charge in [0.15, 0.2) is 0 Å². The second-order valence-corrected chi connectivity index (χ2v) is 4.22. The van der Waals surface area contributed by atoms with Crippen LogP contribution in [0.2, 0.25) is 0 Å². The molecule has 17 heavy (non-hydrogen) atoms. The van der Waals surface area contributed by atoms with Crippen LogP contribution in [0.1, 0.15) is 18.5 Å². The van der Waals surface area contributed by atoms with Crippen molar-refractivity contribution in [2.45, 2.75) is 19.9 Å². The van der Waals surface area contributed by atoms with Crippen LogP contribution in [-0.2, 0) is 11.8 Å². The van der Waals surface area contributed by atoms with E-state index in [0.717, 1.165) is 11.1 Å². The Kier molecular flexibility index (Phi) is 2.53. The first kappa shape index (κ1) is 11.4. The van der Waals surface area contributed by atoms with Crippen LogP contribution < -0.4 is 5.69 Å². The summed E-state index contributed by atoms with van der Waals surface area (Å²) in [7, 11) is 1.65. The molecule has 0 saturated heterocycles. The number of rotatable bonds is 2. The summed E-state index contributed by atoms with van der Waals surface area (Å²) in [5, 5.41) is 9.01. The van der Waals surface area contributed by atoms with Gasteiger partial charge in [0.1, 0.15) is 6.04 Å². The highest BCUT2D eigenvalue weighted by molar-refractivity contribution is 5.80. The van der Waals surface area contributed by atoms with Gasteiger partial charge in [-0.3, -0.25) is 9.13 Å². The van der Waals surface area contributed by atoms with Crippen molar-refractivity contribution >= 4 is 17.0 Å². The number of hydrogen-bond donors (Lipinski definition) is 1. The lowest BCUT2D eigenvalue weighted by Crippen LogP contribution is -2.28. The van der Waals surface area contributed by atoms with Crippen LogP contribution in [0.25, 0.3) is 11.0 Å². The van der Waals surface area contributed by atoms with Gasteiger partial charge in [-0.2, -0.15) is 0 Å². The number of aromatic nitrogens is 2. The standard InChI is InChI=1S/C12H14N2O3/c1-7-4-5-9-10(6-7)13(3)12(17)14(9)8(2)11(15)16/h4-6,8H,1-3H3,(H,15,16). The summed E-state index contributed by atoms with van der Waals surface area (Å²) in [4.78, 5) is 23.0. The summed E-state index contributed by atoms with van der Waals surface area (Å²) < 4.78 is 2.78. The number of nitrogens with zero attached hydrogens (tertiary/aromatic N) is 2. The van der Waals surface area contributed by atoms with Gasteiger partial charge in [-0.25, -0.2) is 9.59 Å². The normalized spacial score (nSPS) is 12.9. The predicted molar refractivity (Wildman–Crippen MR) is 64.3 cm³/mol. The molecule has 0 fully saturated rings. The second-order valence-electron chi connectivity index (χ2n) is 4.22. The monoisotopic (exact) mass is 234 g/mol. The van der Waals surface area contributed by atoms with Crippen molar-refractivity contribution in [1.29, 1.82) is 0 Å². The predicted octanol–water partition coefficient (Wildman–Crippen LogP) is 1.29. The SMILES string of the molecule is Cc1ccc2c(c1)n(C)c(=O)n2C(C)C(=O)O. The molecular formula is C12H14N2O3. The maximum atomic E-state index is 12.0.